The molecule has 2 aliphatic carbocycles. The van der Waals surface area contributed by atoms with E-state index in [1.54, 1.807) is 14.1 Å². The predicted octanol–water partition coefficient (Wildman–Crippen LogP) is 4.64. The van der Waals surface area contributed by atoms with E-state index in [1.807, 2.05) is 50.2 Å². The summed E-state index contributed by atoms with van der Waals surface area (Å²) in [5.41, 5.74) is 1.09. The summed E-state index contributed by atoms with van der Waals surface area (Å²) in [5.74, 6) is -0.101. The molecule has 2 fully saturated rings. The summed E-state index contributed by atoms with van der Waals surface area (Å²) in [6.45, 7) is 4.77. The molecule has 0 unspecified atom stereocenters. The number of likely N-dealkylation sites (N-methyl/N-ethyl adjacent to an activating group) is 1. The molecule has 35 heavy (non-hydrogen) atoms. The lowest BCUT2D eigenvalue weighted by molar-refractivity contribution is -0.840. The number of rotatable bonds is 8. The van der Waals surface area contributed by atoms with Crippen LogP contribution in [0.25, 0.3) is 0 Å². The molecule has 0 aromatic heterocycles. The Hall–Kier alpha value is -2.10. The largest absolute Gasteiger partial charge is 0.633 e. The fraction of sp³-hybridized carbons (Fsp3) is 0.519. The van der Waals surface area contributed by atoms with Gasteiger partial charge >= 0.3 is 0 Å². The number of quaternary nitrogens is 1. The SMILES string of the molecule is CC1(C)[C@H]2CC[C@@]1(CS(=O)(=O)O)C(=O)C2.C[N+](C)([O-])CCOC(c1ccccc1)c1ccccc1. The number of hydrogen-bond acceptors (Lipinski definition) is 5. The maximum atomic E-state index is 11.9. The Labute approximate surface area is 209 Å². The number of benzene rings is 2. The molecule has 0 aliphatic heterocycles. The number of carbonyl (C=O) groups is 1. The summed E-state index contributed by atoms with van der Waals surface area (Å²) in [6, 6.07) is 20.2. The maximum absolute atomic E-state index is 11.9. The van der Waals surface area contributed by atoms with E-state index < -0.39 is 21.3 Å². The second-order valence-corrected chi connectivity index (χ2v) is 12.2. The van der Waals surface area contributed by atoms with E-state index in [0.717, 1.165) is 17.5 Å². The van der Waals surface area contributed by atoms with Gasteiger partial charge in [-0.15, -0.1) is 0 Å². The van der Waals surface area contributed by atoms with Gasteiger partial charge in [-0.25, -0.2) is 0 Å². The average Bonchev–Trinajstić information content (AvgIpc) is 3.11. The van der Waals surface area contributed by atoms with Crippen molar-refractivity contribution in [2.45, 2.75) is 39.2 Å². The Morgan fingerprint density at radius 2 is 1.57 bits per heavy atom. The first-order chi connectivity index (χ1) is 16.3. The highest BCUT2D eigenvalue weighted by Crippen LogP contribution is 2.64. The molecule has 7 nitrogen and oxygen atoms in total. The first kappa shape index (κ1) is 27.5. The molecule has 0 spiro atoms. The van der Waals surface area contributed by atoms with E-state index in [1.165, 1.54) is 0 Å². The molecular weight excluding hydrogens is 466 g/mol. The standard InChI is InChI=1S/C17H21NO2.C10H16O4S/c1-18(2,19)13-14-20-17(15-9-5-3-6-10-15)16-11-7-4-8-12-16;1-9(2)7-3-4-10(9,8(11)5-7)6-15(12,13)14/h3-12,17H,13-14H2,1-2H3;7H,3-6H2,1-2H3,(H,12,13,14)/t;7-,10+/m.0/s1. The number of ether oxygens (including phenoxy) is 1. The lowest BCUT2D eigenvalue weighted by Crippen LogP contribution is -2.42. The van der Waals surface area contributed by atoms with Crippen LogP contribution in [0.1, 0.15) is 50.3 Å². The van der Waals surface area contributed by atoms with Gasteiger partial charge in [0.05, 0.1) is 31.9 Å². The summed E-state index contributed by atoms with van der Waals surface area (Å²) in [5, 5.41) is 11.6. The van der Waals surface area contributed by atoms with Gasteiger partial charge in [0.1, 0.15) is 18.4 Å². The molecule has 4 rings (SSSR count). The highest BCUT2D eigenvalue weighted by Gasteiger charge is 2.65. The van der Waals surface area contributed by atoms with Crippen molar-refractivity contribution in [2.75, 3.05) is 33.0 Å². The first-order valence-corrected chi connectivity index (χ1v) is 13.6. The van der Waals surface area contributed by atoms with Gasteiger partial charge in [-0.1, -0.05) is 74.5 Å². The third kappa shape index (κ3) is 6.57. The van der Waals surface area contributed by atoms with Crippen molar-refractivity contribution < 1.29 is 27.1 Å². The van der Waals surface area contributed by atoms with Crippen LogP contribution in [0.3, 0.4) is 0 Å². The second-order valence-electron chi connectivity index (χ2n) is 10.8. The molecule has 2 aliphatic rings. The monoisotopic (exact) mass is 503 g/mol. The Balaban J connectivity index is 0.000000203. The van der Waals surface area contributed by atoms with E-state index in [4.69, 9.17) is 9.29 Å². The van der Waals surface area contributed by atoms with E-state index in [0.29, 0.717) is 26.0 Å². The number of hydroxylamine groups is 3. The van der Waals surface area contributed by atoms with Crippen LogP contribution >= 0.6 is 0 Å². The third-order valence-electron chi connectivity index (χ3n) is 7.69. The summed E-state index contributed by atoms with van der Waals surface area (Å²) in [4.78, 5) is 11.9. The lowest BCUT2D eigenvalue weighted by Gasteiger charge is -2.35. The summed E-state index contributed by atoms with van der Waals surface area (Å²) >= 11 is 0. The van der Waals surface area contributed by atoms with Crippen molar-refractivity contribution in [1.82, 2.24) is 0 Å². The highest BCUT2D eigenvalue weighted by atomic mass is 32.2. The summed E-state index contributed by atoms with van der Waals surface area (Å²) in [6.07, 6.45) is 1.85. The third-order valence-corrected chi connectivity index (χ3v) is 8.54. The minimum atomic E-state index is -4.08. The van der Waals surface area contributed by atoms with E-state index in [2.05, 4.69) is 24.3 Å². The van der Waals surface area contributed by atoms with Crippen LogP contribution in [-0.4, -0.2) is 56.4 Å². The van der Waals surface area contributed by atoms with Crippen LogP contribution in [0.4, 0.5) is 0 Å². The first-order valence-electron chi connectivity index (χ1n) is 12.0. The fourth-order valence-electron chi connectivity index (χ4n) is 5.45. The van der Waals surface area contributed by atoms with Crippen molar-refractivity contribution in [3.8, 4) is 0 Å². The van der Waals surface area contributed by atoms with Crippen LogP contribution in [0.15, 0.2) is 60.7 Å². The van der Waals surface area contributed by atoms with Crippen LogP contribution in [0, 0.1) is 22.0 Å². The molecule has 2 aromatic rings. The Kier molecular flexibility index (Phi) is 8.23. The molecule has 2 atom stereocenters. The minimum absolute atomic E-state index is 0.0152. The molecular formula is C27H37NO6S. The summed E-state index contributed by atoms with van der Waals surface area (Å²) < 4.78 is 36.6. The van der Waals surface area contributed by atoms with Gasteiger partial charge in [0, 0.05) is 6.42 Å². The van der Waals surface area contributed by atoms with Gasteiger partial charge in [0.15, 0.2) is 0 Å². The molecule has 0 heterocycles. The van der Waals surface area contributed by atoms with Gasteiger partial charge in [-0.2, -0.15) is 8.42 Å². The Bertz CT molecular complexity index is 1060. The van der Waals surface area contributed by atoms with Gasteiger partial charge in [-0.3, -0.25) is 9.35 Å². The minimum Gasteiger partial charge on any atom is -0.633 e. The molecule has 0 saturated heterocycles. The topological polar surface area (TPSA) is 104 Å². The van der Waals surface area contributed by atoms with Crippen molar-refractivity contribution in [3.05, 3.63) is 77.0 Å². The molecule has 192 valence electrons. The molecule has 0 radical (unpaired) electrons. The van der Waals surface area contributed by atoms with Gasteiger partial charge in [0.2, 0.25) is 0 Å². The van der Waals surface area contributed by atoms with Crippen LogP contribution in [0.5, 0.6) is 0 Å². The van der Waals surface area contributed by atoms with Gasteiger partial charge in [-0.05, 0) is 35.3 Å². The van der Waals surface area contributed by atoms with E-state index in [9.17, 15) is 18.4 Å². The number of fused-ring (bicyclic) bond motifs is 2. The van der Waals surface area contributed by atoms with Crippen LogP contribution in [-0.2, 0) is 19.6 Å². The number of nitrogens with zero attached hydrogens (tertiary/aromatic N) is 1. The highest BCUT2D eigenvalue weighted by molar-refractivity contribution is 7.85. The molecule has 2 bridgehead atoms. The van der Waals surface area contributed by atoms with Crippen molar-refractivity contribution in [2.24, 2.45) is 16.7 Å². The van der Waals surface area contributed by atoms with Gasteiger partial charge < -0.3 is 14.6 Å². The van der Waals surface area contributed by atoms with E-state index >= 15 is 0 Å². The molecule has 8 heteroatoms. The molecule has 1 N–H and O–H groups in total. The lowest BCUT2D eigenvalue weighted by atomic mass is 9.70. The fourth-order valence-corrected chi connectivity index (χ4v) is 6.75. The zero-order valence-electron chi connectivity index (χ0n) is 21.0. The van der Waals surface area contributed by atoms with Gasteiger partial charge in [0.25, 0.3) is 10.1 Å². The zero-order chi connectivity index (χ0) is 25.9. The maximum Gasteiger partial charge on any atom is 0.265 e. The predicted molar refractivity (Wildman–Crippen MR) is 136 cm³/mol. The van der Waals surface area contributed by atoms with Crippen molar-refractivity contribution in [1.29, 1.82) is 0 Å². The number of Topliss-reactive ketones (excluding diaryl/α,β-unsaturated/α-hetero) is 1. The number of carbonyl (C=O) groups excluding carboxylic acids is 1. The molecule has 2 saturated carbocycles. The Morgan fingerprint density at radius 1 is 1.06 bits per heavy atom. The van der Waals surface area contributed by atoms with Crippen LogP contribution < -0.4 is 0 Å². The van der Waals surface area contributed by atoms with Crippen molar-refractivity contribution in [3.63, 3.8) is 0 Å². The van der Waals surface area contributed by atoms with Crippen LogP contribution in [0.2, 0.25) is 0 Å². The van der Waals surface area contributed by atoms with Crippen molar-refractivity contribution >= 4 is 15.9 Å². The smallest absolute Gasteiger partial charge is 0.265 e. The quantitative estimate of drug-likeness (QED) is 0.320. The Morgan fingerprint density at radius 3 is 1.94 bits per heavy atom. The number of hydrogen-bond donors (Lipinski definition) is 1. The molecule has 2 aromatic carbocycles. The molecule has 0 amide bonds. The zero-order valence-corrected chi connectivity index (χ0v) is 21.8. The second kappa shape index (κ2) is 10.5. The normalized spacial score (nSPS) is 23.3. The average molecular weight is 504 g/mol. The number of ketones is 1. The summed E-state index contributed by atoms with van der Waals surface area (Å²) in [7, 11) is -0.819. The van der Waals surface area contributed by atoms with E-state index in [-0.39, 0.29) is 27.9 Å².